The lowest BCUT2D eigenvalue weighted by Gasteiger charge is -2.19. The first-order chi connectivity index (χ1) is 14.5. The molecule has 0 spiro atoms. The fraction of sp³-hybridized carbons (Fsp3) is 0.619. The zero-order chi connectivity index (χ0) is 21.3. The molecule has 2 aromatic rings. The van der Waals surface area contributed by atoms with Gasteiger partial charge in [0.05, 0.1) is 10.6 Å². The Morgan fingerprint density at radius 3 is 2.80 bits per heavy atom. The monoisotopic (exact) mass is 448 g/mol. The van der Waals surface area contributed by atoms with Gasteiger partial charge in [0.25, 0.3) is 5.56 Å². The summed E-state index contributed by atoms with van der Waals surface area (Å²) in [5.74, 6) is -0.241. The topological polar surface area (TPSA) is 84.3 Å². The van der Waals surface area contributed by atoms with Crippen molar-refractivity contribution in [3.05, 3.63) is 20.8 Å². The third kappa shape index (κ3) is 4.01. The Bertz CT molecular complexity index is 1030. The van der Waals surface area contributed by atoms with Crippen LogP contribution in [0, 0.1) is 0 Å². The van der Waals surface area contributed by atoms with Gasteiger partial charge >= 0.3 is 6.03 Å². The lowest BCUT2D eigenvalue weighted by molar-refractivity contribution is -0.126. The maximum Gasteiger partial charge on any atom is 0.324 e. The summed E-state index contributed by atoms with van der Waals surface area (Å²) in [5.41, 5.74) is 1.22. The van der Waals surface area contributed by atoms with Crippen molar-refractivity contribution in [2.24, 2.45) is 0 Å². The Morgan fingerprint density at radius 2 is 2.07 bits per heavy atom. The van der Waals surface area contributed by atoms with Crippen molar-refractivity contribution in [1.29, 1.82) is 0 Å². The van der Waals surface area contributed by atoms with Gasteiger partial charge in [0, 0.05) is 24.5 Å². The molecule has 1 fully saturated rings. The molecule has 9 heteroatoms. The van der Waals surface area contributed by atoms with Gasteiger partial charge in [-0.3, -0.25) is 19.1 Å². The van der Waals surface area contributed by atoms with Crippen LogP contribution in [0.3, 0.4) is 0 Å². The second kappa shape index (κ2) is 9.09. The molecular formula is C21H28N4O3S2. The molecule has 1 aliphatic carbocycles. The van der Waals surface area contributed by atoms with Crippen LogP contribution in [0.2, 0.25) is 0 Å². The second-order valence-electron chi connectivity index (χ2n) is 7.93. The number of nitrogens with one attached hydrogen (secondary N) is 1. The van der Waals surface area contributed by atoms with Gasteiger partial charge in [0.15, 0.2) is 5.16 Å². The van der Waals surface area contributed by atoms with Crippen LogP contribution in [-0.4, -0.2) is 44.7 Å². The van der Waals surface area contributed by atoms with Crippen molar-refractivity contribution < 1.29 is 9.59 Å². The molecule has 2 aliphatic rings. The number of amides is 3. The molecule has 1 atom stereocenters. The SMILES string of the molecule is CCCCCn1c(SC(C)C(=O)N2CCNC2=O)nc2sc3c(c2c1=O)CCCC3. The first kappa shape index (κ1) is 21.4. The van der Waals surface area contributed by atoms with E-state index in [1.165, 1.54) is 27.1 Å². The third-order valence-electron chi connectivity index (χ3n) is 5.78. The summed E-state index contributed by atoms with van der Waals surface area (Å²) in [4.78, 5) is 46.3. The fourth-order valence-electron chi connectivity index (χ4n) is 4.14. The fourth-order valence-corrected chi connectivity index (χ4v) is 6.44. The summed E-state index contributed by atoms with van der Waals surface area (Å²) in [6.07, 6.45) is 7.27. The van der Waals surface area contributed by atoms with Crippen LogP contribution in [-0.2, 0) is 24.2 Å². The summed E-state index contributed by atoms with van der Waals surface area (Å²) in [7, 11) is 0. The Hall–Kier alpha value is -1.87. The summed E-state index contributed by atoms with van der Waals surface area (Å²) >= 11 is 2.92. The minimum absolute atomic E-state index is 0.0246. The number of carbonyl (C=O) groups is 2. The zero-order valence-electron chi connectivity index (χ0n) is 17.5. The highest BCUT2D eigenvalue weighted by atomic mass is 32.2. The van der Waals surface area contributed by atoms with Crippen LogP contribution in [0.5, 0.6) is 0 Å². The van der Waals surface area contributed by atoms with Crippen molar-refractivity contribution in [2.45, 2.75) is 75.7 Å². The summed E-state index contributed by atoms with van der Waals surface area (Å²) in [5, 5.41) is 3.54. The number of unbranched alkanes of at least 4 members (excludes halogenated alkanes) is 2. The van der Waals surface area contributed by atoms with Crippen LogP contribution in [0.4, 0.5) is 4.79 Å². The van der Waals surface area contributed by atoms with Gasteiger partial charge in [0.2, 0.25) is 5.91 Å². The number of imide groups is 1. The maximum atomic E-state index is 13.5. The molecule has 0 saturated carbocycles. The van der Waals surface area contributed by atoms with E-state index in [2.05, 4.69) is 12.2 Å². The van der Waals surface area contributed by atoms with E-state index in [0.717, 1.165) is 55.2 Å². The lowest BCUT2D eigenvalue weighted by atomic mass is 9.97. The minimum atomic E-state index is -0.495. The maximum absolute atomic E-state index is 13.5. The number of urea groups is 1. The molecule has 0 bridgehead atoms. The Labute approximate surface area is 184 Å². The number of thioether (sulfide) groups is 1. The van der Waals surface area contributed by atoms with Crippen molar-refractivity contribution in [3.63, 3.8) is 0 Å². The van der Waals surface area contributed by atoms with E-state index in [-0.39, 0.29) is 17.5 Å². The number of aromatic nitrogens is 2. The largest absolute Gasteiger partial charge is 0.336 e. The average Bonchev–Trinajstić information content (AvgIpc) is 3.32. The molecule has 1 unspecified atom stereocenters. The van der Waals surface area contributed by atoms with Crippen LogP contribution in [0.25, 0.3) is 10.2 Å². The first-order valence-electron chi connectivity index (χ1n) is 10.8. The first-order valence-corrected chi connectivity index (χ1v) is 12.5. The minimum Gasteiger partial charge on any atom is -0.336 e. The van der Waals surface area contributed by atoms with Crippen LogP contribution in [0.15, 0.2) is 9.95 Å². The van der Waals surface area contributed by atoms with Gasteiger partial charge in [-0.2, -0.15) is 0 Å². The molecule has 2 aromatic heterocycles. The van der Waals surface area contributed by atoms with Crippen molar-refractivity contribution in [3.8, 4) is 0 Å². The Morgan fingerprint density at radius 1 is 1.27 bits per heavy atom. The van der Waals surface area contributed by atoms with Gasteiger partial charge in [-0.1, -0.05) is 31.5 Å². The van der Waals surface area contributed by atoms with E-state index < -0.39 is 5.25 Å². The summed E-state index contributed by atoms with van der Waals surface area (Å²) in [6, 6.07) is -0.345. The Balaban J connectivity index is 1.69. The number of hydrogen-bond acceptors (Lipinski definition) is 6. The number of rotatable bonds is 7. The number of nitrogens with zero attached hydrogens (tertiary/aromatic N) is 3. The van der Waals surface area contributed by atoms with Gasteiger partial charge in [-0.25, -0.2) is 9.78 Å². The normalized spacial score (nSPS) is 17.3. The number of fused-ring (bicyclic) bond motifs is 3. The third-order valence-corrected chi connectivity index (χ3v) is 8.04. The predicted molar refractivity (Wildman–Crippen MR) is 120 cm³/mol. The van der Waals surface area contributed by atoms with E-state index in [1.807, 2.05) is 0 Å². The zero-order valence-corrected chi connectivity index (χ0v) is 19.2. The molecular weight excluding hydrogens is 420 g/mol. The highest BCUT2D eigenvalue weighted by molar-refractivity contribution is 8.00. The summed E-state index contributed by atoms with van der Waals surface area (Å²) in [6.45, 7) is 5.39. The van der Waals surface area contributed by atoms with E-state index in [4.69, 9.17) is 4.98 Å². The average molecular weight is 449 g/mol. The van der Waals surface area contributed by atoms with Gasteiger partial charge in [-0.05, 0) is 44.6 Å². The predicted octanol–water partition coefficient (Wildman–Crippen LogP) is 3.56. The highest BCUT2D eigenvalue weighted by Crippen LogP contribution is 2.35. The van der Waals surface area contributed by atoms with Gasteiger partial charge in [-0.15, -0.1) is 11.3 Å². The van der Waals surface area contributed by atoms with E-state index in [0.29, 0.717) is 24.8 Å². The Kier molecular flexibility index (Phi) is 6.48. The van der Waals surface area contributed by atoms with E-state index in [9.17, 15) is 14.4 Å². The number of aryl methyl sites for hydroxylation is 2. The standard InChI is InChI=1S/C21H28N4O3S2/c1-3-4-7-11-25-19(27)16-14-8-5-6-9-15(14)30-17(16)23-21(25)29-13(2)18(26)24-12-10-22-20(24)28/h13H,3-12H2,1-2H3,(H,22,28). The van der Waals surface area contributed by atoms with Crippen molar-refractivity contribution >= 4 is 45.3 Å². The lowest BCUT2D eigenvalue weighted by Crippen LogP contribution is -2.39. The number of hydrogen-bond donors (Lipinski definition) is 1. The number of carbonyl (C=O) groups excluding carboxylic acids is 2. The van der Waals surface area contributed by atoms with Crippen molar-refractivity contribution in [2.75, 3.05) is 13.1 Å². The molecule has 0 aromatic carbocycles. The van der Waals surface area contributed by atoms with Crippen LogP contribution in [0.1, 0.15) is 56.4 Å². The molecule has 4 rings (SSSR count). The van der Waals surface area contributed by atoms with Crippen LogP contribution >= 0.6 is 23.1 Å². The van der Waals surface area contributed by atoms with Crippen LogP contribution < -0.4 is 10.9 Å². The number of thiophene rings is 1. The second-order valence-corrected chi connectivity index (χ2v) is 10.3. The smallest absolute Gasteiger partial charge is 0.324 e. The van der Waals surface area contributed by atoms with Crippen molar-refractivity contribution in [1.82, 2.24) is 19.8 Å². The summed E-state index contributed by atoms with van der Waals surface area (Å²) < 4.78 is 1.76. The van der Waals surface area contributed by atoms with Gasteiger partial charge < -0.3 is 5.32 Å². The molecule has 30 heavy (non-hydrogen) atoms. The molecule has 3 heterocycles. The molecule has 1 N–H and O–H groups in total. The van der Waals surface area contributed by atoms with Gasteiger partial charge in [0.1, 0.15) is 4.83 Å². The van der Waals surface area contributed by atoms with E-state index in [1.54, 1.807) is 22.8 Å². The molecule has 162 valence electrons. The van der Waals surface area contributed by atoms with E-state index >= 15 is 0 Å². The molecule has 1 saturated heterocycles. The highest BCUT2D eigenvalue weighted by Gasteiger charge is 2.31. The molecule has 0 radical (unpaired) electrons. The molecule has 7 nitrogen and oxygen atoms in total. The molecule has 3 amide bonds. The quantitative estimate of drug-likeness (QED) is 0.398. The molecule has 1 aliphatic heterocycles.